The molecule has 1 amide bonds. The van der Waals surface area contributed by atoms with Crippen molar-refractivity contribution in [2.24, 2.45) is 0 Å². The number of hydrogen-bond donors (Lipinski definition) is 2. The van der Waals surface area contributed by atoms with Gasteiger partial charge < -0.3 is 15.4 Å². The molecule has 20 heavy (non-hydrogen) atoms. The number of carbonyl (C=O) groups is 1. The Labute approximate surface area is 120 Å². The summed E-state index contributed by atoms with van der Waals surface area (Å²) in [4.78, 5) is 11.0. The Bertz CT molecular complexity index is 475. The average Bonchev–Trinajstić information content (AvgIpc) is 2.40. The van der Waals surface area contributed by atoms with E-state index in [-0.39, 0.29) is 17.7 Å². The van der Waals surface area contributed by atoms with Crippen LogP contribution in [0.3, 0.4) is 0 Å². The molecule has 0 aliphatic carbocycles. The maximum absolute atomic E-state index is 12.3. The topological polar surface area (TPSA) is 50.4 Å². The standard InChI is InChI=1S/C13H15ClF2N2O2/c14-9-1-3-11(20-13(15)16)8(5-9)6-17-10-2-4-12(19)18-7-10/h1,3,5,10,13,17H,2,4,6-7H2,(H,18,19)/t10-/m1/s1. The molecule has 1 saturated heterocycles. The van der Waals surface area contributed by atoms with E-state index < -0.39 is 6.61 Å². The number of nitrogens with one attached hydrogen (secondary N) is 2. The normalized spacial score (nSPS) is 19.0. The number of rotatable bonds is 5. The SMILES string of the molecule is O=C1CC[C@@H](NCc2cc(Cl)ccc2OC(F)F)CN1. The lowest BCUT2D eigenvalue weighted by molar-refractivity contribution is -0.122. The highest BCUT2D eigenvalue weighted by Gasteiger charge is 2.18. The maximum Gasteiger partial charge on any atom is 0.387 e. The third-order valence-corrected chi connectivity index (χ3v) is 3.32. The average molecular weight is 305 g/mol. The van der Waals surface area contributed by atoms with Crippen molar-refractivity contribution in [3.63, 3.8) is 0 Å². The summed E-state index contributed by atoms with van der Waals surface area (Å²) in [6.07, 6.45) is 1.19. The summed E-state index contributed by atoms with van der Waals surface area (Å²) in [6, 6.07) is 4.64. The maximum atomic E-state index is 12.3. The molecule has 4 nitrogen and oxygen atoms in total. The predicted octanol–water partition coefficient (Wildman–Crippen LogP) is 2.31. The largest absolute Gasteiger partial charge is 0.434 e. The molecular weight excluding hydrogens is 290 g/mol. The van der Waals surface area contributed by atoms with Crippen molar-refractivity contribution in [1.29, 1.82) is 0 Å². The molecule has 0 bridgehead atoms. The lowest BCUT2D eigenvalue weighted by atomic mass is 10.1. The quantitative estimate of drug-likeness (QED) is 0.877. The Morgan fingerprint density at radius 1 is 1.50 bits per heavy atom. The van der Waals surface area contributed by atoms with E-state index in [2.05, 4.69) is 15.4 Å². The fourth-order valence-corrected chi connectivity index (χ4v) is 2.25. The zero-order valence-electron chi connectivity index (χ0n) is 10.7. The van der Waals surface area contributed by atoms with Gasteiger partial charge >= 0.3 is 6.61 Å². The van der Waals surface area contributed by atoms with Crippen LogP contribution in [0.2, 0.25) is 5.02 Å². The van der Waals surface area contributed by atoms with Crippen molar-refractivity contribution >= 4 is 17.5 Å². The molecule has 1 atom stereocenters. The Morgan fingerprint density at radius 2 is 2.30 bits per heavy atom. The summed E-state index contributed by atoms with van der Waals surface area (Å²) in [7, 11) is 0. The van der Waals surface area contributed by atoms with Crippen LogP contribution in [0.5, 0.6) is 5.75 Å². The molecule has 0 radical (unpaired) electrons. The van der Waals surface area contributed by atoms with Gasteiger partial charge in [0, 0.05) is 36.1 Å². The number of hydrogen-bond acceptors (Lipinski definition) is 3. The second-order valence-electron chi connectivity index (χ2n) is 4.55. The van der Waals surface area contributed by atoms with Crippen LogP contribution < -0.4 is 15.4 Å². The van der Waals surface area contributed by atoms with Gasteiger partial charge in [-0.25, -0.2) is 0 Å². The van der Waals surface area contributed by atoms with Gasteiger partial charge in [-0.3, -0.25) is 4.79 Å². The second-order valence-corrected chi connectivity index (χ2v) is 4.99. The summed E-state index contributed by atoms with van der Waals surface area (Å²) < 4.78 is 29.1. The summed E-state index contributed by atoms with van der Waals surface area (Å²) in [5.41, 5.74) is 0.565. The first-order valence-corrected chi connectivity index (χ1v) is 6.65. The lowest BCUT2D eigenvalue weighted by Crippen LogP contribution is -2.45. The molecule has 2 rings (SSSR count). The van der Waals surface area contributed by atoms with E-state index in [9.17, 15) is 13.6 Å². The first-order valence-electron chi connectivity index (χ1n) is 6.28. The van der Waals surface area contributed by atoms with Crippen LogP contribution in [0, 0.1) is 0 Å². The van der Waals surface area contributed by atoms with Crippen LogP contribution in [0.4, 0.5) is 8.78 Å². The van der Waals surface area contributed by atoms with E-state index >= 15 is 0 Å². The smallest absolute Gasteiger partial charge is 0.387 e. The highest BCUT2D eigenvalue weighted by molar-refractivity contribution is 6.30. The van der Waals surface area contributed by atoms with Crippen LogP contribution in [-0.2, 0) is 11.3 Å². The first kappa shape index (κ1) is 15.0. The zero-order valence-corrected chi connectivity index (χ0v) is 11.4. The Hall–Kier alpha value is -1.40. The van der Waals surface area contributed by atoms with Crippen molar-refractivity contribution in [2.75, 3.05) is 6.54 Å². The molecule has 110 valence electrons. The molecule has 0 unspecified atom stereocenters. The van der Waals surface area contributed by atoms with E-state index in [0.717, 1.165) is 6.42 Å². The number of carbonyl (C=O) groups excluding carboxylic acids is 1. The fraction of sp³-hybridized carbons (Fsp3) is 0.462. The van der Waals surface area contributed by atoms with Gasteiger partial charge in [0.05, 0.1) is 0 Å². The molecule has 0 aromatic heterocycles. The minimum Gasteiger partial charge on any atom is -0.434 e. The molecule has 1 heterocycles. The molecule has 1 aromatic carbocycles. The van der Waals surface area contributed by atoms with Gasteiger partial charge in [0.2, 0.25) is 5.91 Å². The van der Waals surface area contributed by atoms with Crippen LogP contribution in [-0.4, -0.2) is 25.1 Å². The monoisotopic (exact) mass is 304 g/mol. The number of amides is 1. The second kappa shape index (κ2) is 6.85. The van der Waals surface area contributed by atoms with E-state index in [0.29, 0.717) is 30.1 Å². The van der Waals surface area contributed by atoms with Gasteiger partial charge in [0.25, 0.3) is 0 Å². The Morgan fingerprint density at radius 3 is 2.95 bits per heavy atom. The predicted molar refractivity (Wildman–Crippen MR) is 71.0 cm³/mol. The molecule has 1 fully saturated rings. The molecule has 1 aliphatic heterocycles. The summed E-state index contributed by atoms with van der Waals surface area (Å²) in [5, 5.41) is 6.41. The summed E-state index contributed by atoms with van der Waals surface area (Å²) in [6.45, 7) is -1.99. The third kappa shape index (κ3) is 4.31. The van der Waals surface area contributed by atoms with Crippen molar-refractivity contribution < 1.29 is 18.3 Å². The molecule has 1 aliphatic rings. The van der Waals surface area contributed by atoms with Gasteiger partial charge in [-0.05, 0) is 24.6 Å². The first-order chi connectivity index (χ1) is 9.54. The van der Waals surface area contributed by atoms with E-state index in [4.69, 9.17) is 11.6 Å². The molecule has 7 heteroatoms. The minimum atomic E-state index is -2.87. The fourth-order valence-electron chi connectivity index (χ4n) is 2.06. The van der Waals surface area contributed by atoms with Crippen LogP contribution in [0.15, 0.2) is 18.2 Å². The molecule has 1 aromatic rings. The molecular formula is C13H15ClF2N2O2. The van der Waals surface area contributed by atoms with E-state index in [1.807, 2.05) is 0 Å². The van der Waals surface area contributed by atoms with Gasteiger partial charge in [-0.2, -0.15) is 8.78 Å². The molecule has 0 spiro atoms. The number of alkyl halides is 2. The van der Waals surface area contributed by atoms with E-state index in [1.165, 1.54) is 12.1 Å². The van der Waals surface area contributed by atoms with Gasteiger partial charge in [-0.15, -0.1) is 0 Å². The van der Waals surface area contributed by atoms with Crippen LogP contribution in [0.1, 0.15) is 18.4 Å². The Balaban J connectivity index is 1.97. The van der Waals surface area contributed by atoms with Crippen LogP contribution in [0.25, 0.3) is 0 Å². The van der Waals surface area contributed by atoms with Crippen molar-refractivity contribution in [3.05, 3.63) is 28.8 Å². The summed E-state index contributed by atoms with van der Waals surface area (Å²) >= 11 is 5.87. The van der Waals surface area contributed by atoms with Crippen molar-refractivity contribution in [1.82, 2.24) is 10.6 Å². The van der Waals surface area contributed by atoms with Crippen LogP contribution >= 0.6 is 11.6 Å². The Kier molecular flexibility index (Phi) is 5.14. The highest BCUT2D eigenvalue weighted by atomic mass is 35.5. The third-order valence-electron chi connectivity index (χ3n) is 3.09. The van der Waals surface area contributed by atoms with Crippen molar-refractivity contribution in [2.45, 2.75) is 32.0 Å². The van der Waals surface area contributed by atoms with E-state index in [1.54, 1.807) is 6.07 Å². The zero-order chi connectivity index (χ0) is 14.5. The van der Waals surface area contributed by atoms with Gasteiger partial charge in [0.15, 0.2) is 0 Å². The number of ether oxygens (including phenoxy) is 1. The van der Waals surface area contributed by atoms with Gasteiger partial charge in [-0.1, -0.05) is 11.6 Å². The number of piperidine rings is 1. The molecule has 2 N–H and O–H groups in total. The number of halogens is 3. The number of benzene rings is 1. The highest BCUT2D eigenvalue weighted by Crippen LogP contribution is 2.24. The summed E-state index contributed by atoms with van der Waals surface area (Å²) in [5.74, 6) is 0.143. The minimum absolute atomic E-state index is 0.0347. The lowest BCUT2D eigenvalue weighted by Gasteiger charge is -2.24. The van der Waals surface area contributed by atoms with Crippen molar-refractivity contribution in [3.8, 4) is 5.75 Å². The van der Waals surface area contributed by atoms with Gasteiger partial charge in [0.1, 0.15) is 5.75 Å². The molecule has 0 saturated carbocycles.